The molecule has 1 aromatic heterocycles. The third-order valence-electron chi connectivity index (χ3n) is 3.94. The maximum Gasteiger partial charge on any atom is 0.277 e. The highest BCUT2D eigenvalue weighted by Gasteiger charge is 2.12. The summed E-state index contributed by atoms with van der Waals surface area (Å²) in [4.78, 5) is 12.3. The van der Waals surface area contributed by atoms with Gasteiger partial charge in [0.05, 0.1) is 11.9 Å². The van der Waals surface area contributed by atoms with E-state index in [2.05, 4.69) is 41.6 Å². The Kier molecular flexibility index (Phi) is 4.42. The van der Waals surface area contributed by atoms with Crippen LogP contribution in [0.1, 0.15) is 41.4 Å². The minimum Gasteiger partial charge on any atom is -0.320 e. The van der Waals surface area contributed by atoms with Gasteiger partial charge >= 0.3 is 0 Å². The van der Waals surface area contributed by atoms with E-state index >= 15 is 0 Å². The lowest BCUT2D eigenvalue weighted by Crippen LogP contribution is -2.13. The largest absolute Gasteiger partial charge is 0.320 e. The molecule has 0 radical (unpaired) electrons. The first-order valence-electron chi connectivity index (χ1n) is 7.94. The van der Waals surface area contributed by atoms with E-state index in [1.165, 1.54) is 5.56 Å². The van der Waals surface area contributed by atoms with Crippen molar-refractivity contribution in [3.05, 3.63) is 71.5 Å². The average molecular weight is 320 g/mol. The van der Waals surface area contributed by atoms with Gasteiger partial charge in [0.1, 0.15) is 0 Å². The maximum absolute atomic E-state index is 12.3. The molecule has 5 nitrogen and oxygen atoms in total. The number of hydrogen-bond donors (Lipinski definition) is 1. The number of hydrogen-bond acceptors (Lipinski definition) is 3. The highest BCUT2D eigenvalue weighted by Crippen LogP contribution is 2.17. The van der Waals surface area contributed by atoms with Crippen LogP contribution in [-0.4, -0.2) is 20.9 Å². The number of nitrogens with zero attached hydrogens (tertiary/aromatic N) is 3. The van der Waals surface area contributed by atoms with E-state index in [4.69, 9.17) is 0 Å². The van der Waals surface area contributed by atoms with Crippen molar-refractivity contribution in [1.82, 2.24) is 15.0 Å². The fourth-order valence-electron chi connectivity index (χ4n) is 2.41. The summed E-state index contributed by atoms with van der Waals surface area (Å²) in [5.74, 6) is 0.208. The zero-order valence-corrected chi connectivity index (χ0v) is 14.0. The van der Waals surface area contributed by atoms with Crippen LogP contribution in [0, 0.1) is 6.92 Å². The summed E-state index contributed by atoms with van der Waals surface area (Å²) >= 11 is 0. The molecule has 1 heterocycles. The van der Waals surface area contributed by atoms with Crippen molar-refractivity contribution in [2.45, 2.75) is 26.7 Å². The third-order valence-corrected chi connectivity index (χ3v) is 3.94. The Balaban J connectivity index is 1.77. The Bertz CT molecular complexity index is 850. The van der Waals surface area contributed by atoms with Crippen molar-refractivity contribution in [2.75, 3.05) is 5.32 Å². The van der Waals surface area contributed by atoms with Gasteiger partial charge in [0.25, 0.3) is 5.91 Å². The average Bonchev–Trinajstić information content (AvgIpc) is 3.07. The minimum atomic E-state index is -0.269. The van der Waals surface area contributed by atoms with Gasteiger partial charge in [-0.3, -0.25) is 4.79 Å². The molecule has 0 unspecified atom stereocenters. The Morgan fingerprint density at radius 3 is 2.46 bits per heavy atom. The summed E-state index contributed by atoms with van der Waals surface area (Å²) in [6.45, 7) is 6.25. The van der Waals surface area contributed by atoms with E-state index in [-0.39, 0.29) is 11.6 Å². The normalized spacial score (nSPS) is 10.8. The molecule has 0 aliphatic carbocycles. The maximum atomic E-state index is 12.3. The molecule has 3 rings (SSSR count). The Morgan fingerprint density at radius 2 is 1.79 bits per heavy atom. The van der Waals surface area contributed by atoms with E-state index in [9.17, 15) is 4.79 Å². The van der Waals surface area contributed by atoms with Crippen LogP contribution >= 0.6 is 0 Å². The summed E-state index contributed by atoms with van der Waals surface area (Å²) in [6.07, 6.45) is 1.64. The highest BCUT2D eigenvalue weighted by atomic mass is 16.2. The standard InChI is InChI=1S/C19H20N4O/c1-13(2)15-8-10-16(11-9-15)23-12-18(21-22-23)19(24)20-17-7-5-4-6-14(17)3/h4-13H,1-3H3,(H,20,24). The predicted molar refractivity (Wildman–Crippen MR) is 94.6 cm³/mol. The Hall–Kier alpha value is -2.95. The van der Waals surface area contributed by atoms with E-state index in [1.54, 1.807) is 10.9 Å². The van der Waals surface area contributed by atoms with Gasteiger partial charge in [-0.2, -0.15) is 0 Å². The van der Waals surface area contributed by atoms with Crippen molar-refractivity contribution in [1.29, 1.82) is 0 Å². The summed E-state index contributed by atoms with van der Waals surface area (Å²) < 4.78 is 1.61. The zero-order valence-electron chi connectivity index (χ0n) is 14.0. The number of aryl methyl sites for hydroxylation is 1. The second-order valence-corrected chi connectivity index (χ2v) is 6.06. The molecule has 122 valence electrons. The number of para-hydroxylation sites is 1. The highest BCUT2D eigenvalue weighted by molar-refractivity contribution is 6.03. The molecule has 5 heteroatoms. The third kappa shape index (κ3) is 3.35. The van der Waals surface area contributed by atoms with Crippen LogP contribution in [0.2, 0.25) is 0 Å². The van der Waals surface area contributed by atoms with E-state index in [0.29, 0.717) is 5.92 Å². The fourth-order valence-corrected chi connectivity index (χ4v) is 2.41. The summed E-state index contributed by atoms with van der Waals surface area (Å²) in [5.41, 5.74) is 4.20. The lowest BCUT2D eigenvalue weighted by atomic mass is 10.0. The van der Waals surface area contributed by atoms with Gasteiger partial charge in [-0.1, -0.05) is 49.4 Å². The molecular weight excluding hydrogens is 300 g/mol. The fraction of sp³-hybridized carbons (Fsp3) is 0.211. The molecule has 0 aliphatic rings. The van der Waals surface area contributed by atoms with Crippen molar-refractivity contribution in [2.24, 2.45) is 0 Å². The molecule has 0 bridgehead atoms. The smallest absolute Gasteiger partial charge is 0.277 e. The van der Waals surface area contributed by atoms with E-state index < -0.39 is 0 Å². The predicted octanol–water partition coefficient (Wildman–Crippen LogP) is 3.95. The van der Waals surface area contributed by atoms with E-state index in [1.807, 2.05) is 43.3 Å². The number of aromatic nitrogens is 3. The zero-order chi connectivity index (χ0) is 17.1. The second kappa shape index (κ2) is 6.66. The summed E-state index contributed by atoms with van der Waals surface area (Å²) in [6, 6.07) is 15.7. The molecule has 1 N–H and O–H groups in total. The number of carbonyl (C=O) groups excluding carboxylic acids is 1. The van der Waals surface area contributed by atoms with Crippen LogP contribution in [0.5, 0.6) is 0 Å². The van der Waals surface area contributed by atoms with Gasteiger partial charge in [-0.05, 0) is 42.2 Å². The number of benzene rings is 2. The van der Waals surface area contributed by atoms with Crippen LogP contribution in [0.3, 0.4) is 0 Å². The topological polar surface area (TPSA) is 59.8 Å². The van der Waals surface area contributed by atoms with Gasteiger partial charge in [-0.25, -0.2) is 4.68 Å². The molecule has 0 saturated carbocycles. The monoisotopic (exact) mass is 320 g/mol. The first-order valence-corrected chi connectivity index (χ1v) is 7.94. The number of anilines is 1. The molecule has 0 saturated heterocycles. The number of nitrogens with one attached hydrogen (secondary N) is 1. The minimum absolute atomic E-state index is 0.269. The van der Waals surface area contributed by atoms with Crippen LogP contribution in [0.25, 0.3) is 5.69 Å². The molecule has 24 heavy (non-hydrogen) atoms. The lowest BCUT2D eigenvalue weighted by Gasteiger charge is -2.06. The van der Waals surface area contributed by atoms with Crippen molar-refractivity contribution in [3.63, 3.8) is 0 Å². The van der Waals surface area contributed by atoms with Gasteiger partial charge in [0, 0.05) is 5.69 Å². The van der Waals surface area contributed by atoms with Crippen molar-refractivity contribution in [3.8, 4) is 5.69 Å². The first-order chi connectivity index (χ1) is 11.5. The van der Waals surface area contributed by atoms with Crippen molar-refractivity contribution >= 4 is 11.6 Å². The lowest BCUT2D eigenvalue weighted by molar-refractivity contribution is 0.102. The second-order valence-electron chi connectivity index (χ2n) is 6.06. The van der Waals surface area contributed by atoms with Crippen LogP contribution < -0.4 is 5.32 Å². The van der Waals surface area contributed by atoms with Gasteiger partial charge in [0.2, 0.25) is 0 Å². The number of carbonyl (C=O) groups is 1. The van der Waals surface area contributed by atoms with Crippen LogP contribution in [0.15, 0.2) is 54.7 Å². The molecule has 1 amide bonds. The van der Waals surface area contributed by atoms with Gasteiger partial charge < -0.3 is 5.32 Å². The first kappa shape index (κ1) is 15.9. The number of amides is 1. The summed E-state index contributed by atoms with van der Waals surface area (Å²) in [5, 5.41) is 10.9. The SMILES string of the molecule is Cc1ccccc1NC(=O)c1cn(-c2ccc(C(C)C)cc2)nn1. The van der Waals surface area contributed by atoms with E-state index in [0.717, 1.165) is 16.9 Å². The molecule has 0 atom stereocenters. The van der Waals surface area contributed by atoms with Crippen LogP contribution in [-0.2, 0) is 0 Å². The molecule has 0 fully saturated rings. The Labute approximate surface area is 141 Å². The molecule has 3 aromatic rings. The van der Waals surface area contributed by atoms with Crippen LogP contribution in [0.4, 0.5) is 5.69 Å². The molecule has 0 aliphatic heterocycles. The quantitative estimate of drug-likeness (QED) is 0.792. The Morgan fingerprint density at radius 1 is 1.08 bits per heavy atom. The van der Waals surface area contributed by atoms with Crippen molar-refractivity contribution < 1.29 is 4.79 Å². The molecule has 0 spiro atoms. The molecular formula is C19H20N4O. The molecule has 2 aromatic carbocycles. The summed E-state index contributed by atoms with van der Waals surface area (Å²) in [7, 11) is 0. The van der Waals surface area contributed by atoms with Gasteiger partial charge in [-0.15, -0.1) is 5.10 Å². The number of rotatable bonds is 4. The van der Waals surface area contributed by atoms with Gasteiger partial charge in [0.15, 0.2) is 5.69 Å².